The molecule has 1 heterocycles. The minimum absolute atomic E-state index is 0.0439. The summed E-state index contributed by atoms with van der Waals surface area (Å²) in [5.41, 5.74) is 1.04. The van der Waals surface area contributed by atoms with Gasteiger partial charge in [0.05, 0.1) is 5.75 Å². The van der Waals surface area contributed by atoms with Gasteiger partial charge in [0.15, 0.2) is 0 Å². The molecule has 5 heteroatoms. The SMILES string of the molecule is CC(C)N(CCN1C(=O)CSC1c1ccccc1Cl)C(C)C. The van der Waals surface area contributed by atoms with Crippen LogP contribution in [0.4, 0.5) is 0 Å². The molecule has 1 amide bonds. The number of hydrogen-bond acceptors (Lipinski definition) is 3. The lowest BCUT2D eigenvalue weighted by Crippen LogP contribution is -2.43. The molecule has 1 saturated heterocycles. The number of halogens is 1. The molecule has 122 valence electrons. The van der Waals surface area contributed by atoms with Crippen LogP contribution in [0.5, 0.6) is 0 Å². The van der Waals surface area contributed by atoms with Gasteiger partial charge in [0, 0.05) is 35.8 Å². The second kappa shape index (κ2) is 7.71. The molecule has 0 saturated carbocycles. The van der Waals surface area contributed by atoms with Gasteiger partial charge >= 0.3 is 0 Å². The summed E-state index contributed by atoms with van der Waals surface area (Å²) in [4.78, 5) is 16.7. The highest BCUT2D eigenvalue weighted by Crippen LogP contribution is 2.41. The average molecular weight is 341 g/mol. The highest BCUT2D eigenvalue weighted by Gasteiger charge is 2.34. The van der Waals surface area contributed by atoms with Gasteiger partial charge in [0.1, 0.15) is 5.37 Å². The molecule has 2 rings (SSSR count). The molecule has 3 nitrogen and oxygen atoms in total. The summed E-state index contributed by atoms with van der Waals surface area (Å²) in [5, 5.41) is 0.784. The van der Waals surface area contributed by atoms with E-state index in [1.54, 1.807) is 11.8 Å². The summed E-state index contributed by atoms with van der Waals surface area (Å²) < 4.78 is 0. The molecule has 22 heavy (non-hydrogen) atoms. The zero-order valence-electron chi connectivity index (χ0n) is 13.8. The van der Waals surface area contributed by atoms with Crippen molar-refractivity contribution in [2.24, 2.45) is 0 Å². The van der Waals surface area contributed by atoms with Gasteiger partial charge in [-0.05, 0) is 33.8 Å². The minimum Gasteiger partial charge on any atom is -0.324 e. The van der Waals surface area contributed by atoms with Gasteiger partial charge in [-0.25, -0.2) is 0 Å². The van der Waals surface area contributed by atoms with Crippen molar-refractivity contribution >= 4 is 29.3 Å². The van der Waals surface area contributed by atoms with Crippen molar-refractivity contribution in [3.8, 4) is 0 Å². The lowest BCUT2D eigenvalue weighted by molar-refractivity contribution is -0.128. The van der Waals surface area contributed by atoms with Gasteiger partial charge in [-0.1, -0.05) is 29.8 Å². The molecular formula is C17H25ClN2OS. The van der Waals surface area contributed by atoms with E-state index in [1.165, 1.54) is 0 Å². The number of thioether (sulfide) groups is 1. The Labute approximate surface area is 143 Å². The summed E-state index contributed by atoms with van der Waals surface area (Å²) in [5.74, 6) is 0.751. The fourth-order valence-corrected chi connectivity index (χ4v) is 4.52. The van der Waals surface area contributed by atoms with E-state index in [0.717, 1.165) is 23.7 Å². The number of carbonyl (C=O) groups excluding carboxylic acids is 1. The predicted octanol–water partition coefficient (Wildman–Crippen LogP) is 4.03. The highest BCUT2D eigenvalue weighted by molar-refractivity contribution is 8.00. The molecule has 1 atom stereocenters. The van der Waals surface area contributed by atoms with E-state index in [1.807, 2.05) is 29.2 Å². The van der Waals surface area contributed by atoms with Crippen molar-refractivity contribution in [2.75, 3.05) is 18.8 Å². The molecule has 0 aromatic heterocycles. The van der Waals surface area contributed by atoms with Crippen LogP contribution in [-0.2, 0) is 4.79 Å². The minimum atomic E-state index is 0.0439. The Morgan fingerprint density at radius 2 is 1.91 bits per heavy atom. The Balaban J connectivity index is 2.10. The molecule has 0 N–H and O–H groups in total. The van der Waals surface area contributed by atoms with Crippen LogP contribution in [0.3, 0.4) is 0 Å². The number of nitrogens with zero attached hydrogens (tertiary/aromatic N) is 2. The van der Waals surface area contributed by atoms with Crippen molar-refractivity contribution in [1.82, 2.24) is 9.80 Å². The standard InChI is InChI=1S/C17H25ClN2OS/c1-12(2)19(13(3)4)9-10-20-16(21)11-22-17(20)14-7-5-6-8-15(14)18/h5-8,12-13,17H,9-11H2,1-4H3. The molecule has 1 fully saturated rings. The van der Waals surface area contributed by atoms with Crippen molar-refractivity contribution in [2.45, 2.75) is 45.2 Å². The van der Waals surface area contributed by atoms with Crippen LogP contribution in [0.2, 0.25) is 5.02 Å². The molecular weight excluding hydrogens is 316 g/mol. The Morgan fingerprint density at radius 1 is 1.27 bits per heavy atom. The molecule has 1 aliphatic rings. The van der Waals surface area contributed by atoms with Crippen molar-refractivity contribution in [3.05, 3.63) is 34.9 Å². The van der Waals surface area contributed by atoms with E-state index in [-0.39, 0.29) is 11.3 Å². The van der Waals surface area contributed by atoms with Crippen molar-refractivity contribution < 1.29 is 4.79 Å². The topological polar surface area (TPSA) is 23.6 Å². The fourth-order valence-electron chi connectivity index (χ4n) is 2.96. The Kier molecular flexibility index (Phi) is 6.18. The smallest absolute Gasteiger partial charge is 0.233 e. The second-order valence-corrected chi connectivity index (χ2v) is 7.67. The summed E-state index contributed by atoms with van der Waals surface area (Å²) >= 11 is 7.99. The number of benzene rings is 1. The summed E-state index contributed by atoms with van der Waals surface area (Å²) in [7, 11) is 0. The quantitative estimate of drug-likeness (QED) is 0.781. The summed E-state index contributed by atoms with van der Waals surface area (Å²) in [6, 6.07) is 8.78. The maximum Gasteiger partial charge on any atom is 0.233 e. The van der Waals surface area contributed by atoms with Crippen LogP contribution in [0.25, 0.3) is 0 Å². The Hall–Kier alpha value is -0.710. The van der Waals surface area contributed by atoms with Gasteiger partial charge in [-0.3, -0.25) is 9.69 Å². The first kappa shape index (κ1) is 17.6. The van der Waals surface area contributed by atoms with Crippen LogP contribution in [-0.4, -0.2) is 46.6 Å². The second-order valence-electron chi connectivity index (χ2n) is 6.20. The normalized spacial score (nSPS) is 19.0. The van der Waals surface area contributed by atoms with Crippen LogP contribution in [0, 0.1) is 0 Å². The third-order valence-corrected chi connectivity index (χ3v) is 5.65. The van der Waals surface area contributed by atoms with E-state index < -0.39 is 0 Å². The Morgan fingerprint density at radius 3 is 2.50 bits per heavy atom. The van der Waals surface area contributed by atoms with E-state index >= 15 is 0 Å². The molecule has 0 aliphatic carbocycles. The van der Waals surface area contributed by atoms with Gasteiger partial charge in [-0.15, -0.1) is 11.8 Å². The third kappa shape index (κ3) is 3.98. The first-order valence-corrected chi connectivity index (χ1v) is 9.25. The largest absolute Gasteiger partial charge is 0.324 e. The number of rotatable bonds is 6. The zero-order chi connectivity index (χ0) is 16.3. The maximum absolute atomic E-state index is 12.3. The van der Waals surface area contributed by atoms with Gasteiger partial charge < -0.3 is 4.90 Å². The first-order chi connectivity index (χ1) is 10.4. The number of hydrogen-bond donors (Lipinski definition) is 0. The lowest BCUT2D eigenvalue weighted by Gasteiger charge is -2.33. The highest BCUT2D eigenvalue weighted by atomic mass is 35.5. The van der Waals surface area contributed by atoms with Crippen LogP contribution >= 0.6 is 23.4 Å². The fraction of sp³-hybridized carbons (Fsp3) is 0.588. The van der Waals surface area contributed by atoms with E-state index in [9.17, 15) is 4.79 Å². The van der Waals surface area contributed by atoms with E-state index in [0.29, 0.717) is 17.8 Å². The van der Waals surface area contributed by atoms with Crippen LogP contribution in [0.1, 0.15) is 38.6 Å². The maximum atomic E-state index is 12.3. The molecule has 1 unspecified atom stereocenters. The predicted molar refractivity (Wildman–Crippen MR) is 95.3 cm³/mol. The third-order valence-electron chi connectivity index (χ3n) is 4.07. The molecule has 1 aliphatic heterocycles. The van der Waals surface area contributed by atoms with Crippen molar-refractivity contribution in [1.29, 1.82) is 0 Å². The van der Waals surface area contributed by atoms with Gasteiger partial charge in [0.2, 0.25) is 5.91 Å². The lowest BCUT2D eigenvalue weighted by atomic mass is 10.2. The van der Waals surface area contributed by atoms with E-state index in [2.05, 4.69) is 32.6 Å². The van der Waals surface area contributed by atoms with Gasteiger partial charge in [0.25, 0.3) is 0 Å². The Bertz CT molecular complexity index is 513. The first-order valence-electron chi connectivity index (χ1n) is 7.83. The molecule has 0 radical (unpaired) electrons. The van der Waals surface area contributed by atoms with Gasteiger partial charge in [-0.2, -0.15) is 0 Å². The van der Waals surface area contributed by atoms with Crippen molar-refractivity contribution in [3.63, 3.8) is 0 Å². The van der Waals surface area contributed by atoms with Crippen LogP contribution in [0.15, 0.2) is 24.3 Å². The van der Waals surface area contributed by atoms with Crippen LogP contribution < -0.4 is 0 Å². The molecule has 0 spiro atoms. The molecule has 0 bridgehead atoms. The summed E-state index contributed by atoms with van der Waals surface area (Å²) in [6.07, 6.45) is 0. The molecule has 1 aromatic carbocycles. The molecule has 1 aromatic rings. The van der Waals surface area contributed by atoms with E-state index in [4.69, 9.17) is 11.6 Å². The number of amides is 1. The average Bonchev–Trinajstić information content (AvgIpc) is 2.80. The zero-order valence-corrected chi connectivity index (χ0v) is 15.3. The number of carbonyl (C=O) groups is 1. The monoisotopic (exact) mass is 340 g/mol. The summed E-state index contributed by atoms with van der Waals surface area (Å²) in [6.45, 7) is 10.4.